The third-order valence-electron chi connectivity index (χ3n) is 1.42. The number of hydrogen-bond acceptors (Lipinski definition) is 1. The van der Waals surface area contributed by atoms with Crippen molar-refractivity contribution in [1.82, 2.24) is 0 Å². The summed E-state index contributed by atoms with van der Waals surface area (Å²) in [4.78, 5) is 0. The van der Waals surface area contributed by atoms with Crippen LogP contribution in [0.1, 0.15) is 0 Å². The summed E-state index contributed by atoms with van der Waals surface area (Å²) in [6, 6.07) is 8.15. The predicted molar refractivity (Wildman–Crippen MR) is 48.0 cm³/mol. The molecule has 1 nitrogen and oxygen atoms in total. The number of anilines is 1. The fraction of sp³-hybridized carbons (Fsp3) is 0.250. The molecular weight excluding hydrogens is 185 g/mol. The van der Waals surface area contributed by atoms with E-state index in [1.807, 2.05) is 12.1 Å². The van der Waals surface area contributed by atoms with Crippen LogP contribution in [0, 0.1) is 0 Å². The molecule has 0 saturated carbocycles. The van der Waals surface area contributed by atoms with Gasteiger partial charge in [-0.1, -0.05) is 0 Å². The van der Waals surface area contributed by atoms with Crippen LogP contribution in [0.25, 0.3) is 0 Å². The van der Waals surface area contributed by atoms with Gasteiger partial charge >= 0.3 is 66.1 Å². The molecule has 0 aliphatic carbocycles. The molecular formula is C8H12AsN. The van der Waals surface area contributed by atoms with E-state index in [2.05, 4.69) is 23.6 Å². The van der Waals surface area contributed by atoms with E-state index in [1.54, 1.807) is 0 Å². The van der Waals surface area contributed by atoms with Gasteiger partial charge in [0.25, 0.3) is 0 Å². The van der Waals surface area contributed by atoms with Gasteiger partial charge in [-0.25, -0.2) is 0 Å². The van der Waals surface area contributed by atoms with Crippen molar-refractivity contribution >= 4 is 24.7 Å². The van der Waals surface area contributed by atoms with Gasteiger partial charge in [0.2, 0.25) is 0 Å². The minimum absolute atomic E-state index is 0.754. The number of benzene rings is 1. The van der Waals surface area contributed by atoms with Gasteiger partial charge in [0.05, 0.1) is 0 Å². The molecule has 2 N–H and O–H groups in total. The maximum atomic E-state index is 5.76. The zero-order valence-electron chi connectivity index (χ0n) is 6.33. The SMILES string of the molecule is C[As](C)c1ccccc1N. The average molecular weight is 197 g/mol. The van der Waals surface area contributed by atoms with E-state index in [0.717, 1.165) is 5.69 Å². The van der Waals surface area contributed by atoms with Crippen LogP contribution >= 0.6 is 0 Å². The fourth-order valence-electron chi connectivity index (χ4n) is 0.895. The first-order valence-corrected chi connectivity index (χ1v) is 7.93. The first-order chi connectivity index (χ1) is 4.72. The van der Waals surface area contributed by atoms with Gasteiger partial charge in [-0.15, -0.1) is 0 Å². The molecule has 1 rings (SSSR count). The molecule has 0 saturated heterocycles. The molecule has 0 heterocycles. The monoisotopic (exact) mass is 197 g/mol. The van der Waals surface area contributed by atoms with Crippen LogP contribution in [-0.4, -0.2) is 14.7 Å². The first-order valence-electron chi connectivity index (χ1n) is 3.23. The topological polar surface area (TPSA) is 26.0 Å². The quantitative estimate of drug-likeness (QED) is 0.531. The summed E-state index contributed by atoms with van der Waals surface area (Å²) in [6.45, 7) is 0. The van der Waals surface area contributed by atoms with Gasteiger partial charge in [0, 0.05) is 0 Å². The number of nitrogens with two attached hydrogens (primary N) is 1. The van der Waals surface area contributed by atoms with Crippen LogP contribution in [0.15, 0.2) is 24.3 Å². The second kappa shape index (κ2) is 3.11. The van der Waals surface area contributed by atoms with E-state index in [9.17, 15) is 0 Å². The van der Waals surface area contributed by atoms with Crippen molar-refractivity contribution in [2.24, 2.45) is 0 Å². The zero-order valence-corrected chi connectivity index (χ0v) is 8.21. The average Bonchev–Trinajstić information content (AvgIpc) is 1.88. The molecule has 1 aromatic rings. The van der Waals surface area contributed by atoms with E-state index >= 15 is 0 Å². The summed E-state index contributed by atoms with van der Waals surface area (Å²) in [6.07, 6.45) is 0. The van der Waals surface area contributed by atoms with Crippen LogP contribution in [-0.2, 0) is 0 Å². The number of rotatable bonds is 1. The van der Waals surface area contributed by atoms with Gasteiger partial charge in [-0.05, 0) is 0 Å². The number of hydrogen-bond donors (Lipinski definition) is 1. The molecule has 2 heteroatoms. The predicted octanol–water partition coefficient (Wildman–Crippen LogP) is 1.23. The molecule has 0 aliphatic heterocycles. The van der Waals surface area contributed by atoms with E-state index in [-0.39, 0.29) is 0 Å². The molecule has 0 radical (unpaired) electrons. The third kappa shape index (κ3) is 1.54. The Balaban J connectivity index is 3.03. The summed E-state index contributed by atoms with van der Waals surface area (Å²) in [5, 5.41) is 0. The van der Waals surface area contributed by atoms with Crippen molar-refractivity contribution in [1.29, 1.82) is 0 Å². The Bertz CT molecular complexity index is 220. The normalized spacial score (nSPS) is 10.3. The molecule has 0 aliphatic rings. The Labute approximate surface area is 66.5 Å². The Hall–Kier alpha value is -0.422. The molecule has 0 fully saturated rings. The van der Waals surface area contributed by atoms with Gasteiger partial charge in [-0.2, -0.15) is 0 Å². The van der Waals surface area contributed by atoms with Crippen molar-refractivity contribution in [3.8, 4) is 0 Å². The minimum atomic E-state index is -0.754. The second-order valence-corrected chi connectivity index (χ2v) is 7.22. The molecule has 0 unspecified atom stereocenters. The zero-order chi connectivity index (χ0) is 7.56. The Morgan fingerprint density at radius 2 is 1.80 bits per heavy atom. The molecule has 10 heavy (non-hydrogen) atoms. The summed E-state index contributed by atoms with van der Waals surface area (Å²) >= 11 is -0.754. The van der Waals surface area contributed by atoms with Crippen molar-refractivity contribution in [3.05, 3.63) is 24.3 Å². The van der Waals surface area contributed by atoms with Crippen molar-refractivity contribution in [2.45, 2.75) is 11.4 Å². The molecule has 1 aromatic carbocycles. The van der Waals surface area contributed by atoms with Crippen molar-refractivity contribution < 1.29 is 0 Å². The Morgan fingerprint density at radius 3 is 2.20 bits per heavy atom. The van der Waals surface area contributed by atoms with Crippen molar-refractivity contribution in [3.63, 3.8) is 0 Å². The Kier molecular flexibility index (Phi) is 2.39. The van der Waals surface area contributed by atoms with Crippen LogP contribution in [0.5, 0.6) is 0 Å². The molecule has 0 spiro atoms. The van der Waals surface area contributed by atoms with Crippen LogP contribution in [0.3, 0.4) is 0 Å². The fourth-order valence-corrected chi connectivity index (χ4v) is 2.94. The summed E-state index contributed by atoms with van der Waals surface area (Å²) < 4.78 is 1.38. The van der Waals surface area contributed by atoms with E-state index in [0.29, 0.717) is 0 Å². The van der Waals surface area contributed by atoms with E-state index in [1.165, 1.54) is 4.35 Å². The van der Waals surface area contributed by atoms with E-state index < -0.39 is 14.7 Å². The molecule has 0 bridgehead atoms. The third-order valence-corrected chi connectivity index (χ3v) is 4.29. The van der Waals surface area contributed by atoms with Gasteiger partial charge in [-0.3, -0.25) is 0 Å². The van der Waals surface area contributed by atoms with E-state index in [4.69, 9.17) is 5.73 Å². The molecule has 0 atom stereocenters. The standard InChI is InChI=1S/C8H12AsN/c1-9(2)7-5-3-4-6-8(7)10/h3-6H,10H2,1-2H3. The number of para-hydroxylation sites is 1. The number of nitrogen functional groups attached to an aromatic ring is 1. The summed E-state index contributed by atoms with van der Waals surface area (Å²) in [5.74, 6) is 0. The van der Waals surface area contributed by atoms with Crippen LogP contribution < -0.4 is 10.1 Å². The first kappa shape index (κ1) is 7.68. The van der Waals surface area contributed by atoms with Crippen molar-refractivity contribution in [2.75, 3.05) is 5.73 Å². The molecule has 0 aromatic heterocycles. The van der Waals surface area contributed by atoms with Gasteiger partial charge in [0.15, 0.2) is 0 Å². The summed E-state index contributed by atoms with van der Waals surface area (Å²) in [5.41, 5.74) is 11.3. The van der Waals surface area contributed by atoms with Gasteiger partial charge < -0.3 is 0 Å². The van der Waals surface area contributed by atoms with Crippen LogP contribution in [0.2, 0.25) is 11.4 Å². The summed E-state index contributed by atoms with van der Waals surface area (Å²) in [7, 11) is 0. The van der Waals surface area contributed by atoms with Gasteiger partial charge in [0.1, 0.15) is 0 Å². The molecule has 0 amide bonds. The maximum absolute atomic E-state index is 5.76. The Morgan fingerprint density at radius 1 is 1.20 bits per heavy atom. The second-order valence-electron chi connectivity index (χ2n) is 2.45. The van der Waals surface area contributed by atoms with Crippen LogP contribution in [0.4, 0.5) is 5.69 Å². The molecule has 54 valence electrons.